The van der Waals surface area contributed by atoms with Crippen LogP contribution in [-0.4, -0.2) is 6.10 Å². The fraction of sp³-hybridized carbons (Fsp3) is 0.417. The second-order valence-corrected chi connectivity index (χ2v) is 12.0. The molecule has 2 aromatic carbocycles. The molecular formula is C24H26NaO4PS. The van der Waals surface area contributed by atoms with Crippen LogP contribution in [0, 0.1) is 16.7 Å². The van der Waals surface area contributed by atoms with E-state index in [0.29, 0.717) is 11.7 Å². The maximum absolute atomic E-state index is 13.1. The van der Waals surface area contributed by atoms with Gasteiger partial charge in [0, 0.05) is 15.4 Å². The van der Waals surface area contributed by atoms with E-state index < -0.39 is 7.82 Å². The number of hydrogen-bond acceptors (Lipinski definition) is 5. The van der Waals surface area contributed by atoms with E-state index in [1.807, 2.05) is 48.5 Å². The van der Waals surface area contributed by atoms with E-state index in [-0.39, 0.29) is 46.5 Å². The summed E-state index contributed by atoms with van der Waals surface area (Å²) in [5.41, 5.74) is 1.39. The number of rotatable bonds is 4. The van der Waals surface area contributed by atoms with Gasteiger partial charge >= 0.3 is 37.4 Å². The van der Waals surface area contributed by atoms with E-state index in [4.69, 9.17) is 9.05 Å². The summed E-state index contributed by atoms with van der Waals surface area (Å²) in [6, 6.07) is 15.6. The minimum absolute atomic E-state index is 0. The van der Waals surface area contributed by atoms with Crippen LogP contribution in [0.15, 0.2) is 58.3 Å². The van der Waals surface area contributed by atoms with E-state index in [1.165, 1.54) is 0 Å². The molecule has 2 fully saturated rings. The summed E-state index contributed by atoms with van der Waals surface area (Å²) < 4.78 is 24.6. The molecule has 158 valence electrons. The predicted molar refractivity (Wildman–Crippen MR) is 118 cm³/mol. The van der Waals surface area contributed by atoms with Gasteiger partial charge < -0.3 is 13.9 Å². The molecule has 5 rings (SSSR count). The largest absolute Gasteiger partial charge is 1.00 e. The van der Waals surface area contributed by atoms with Crippen molar-refractivity contribution in [2.24, 2.45) is 16.7 Å². The smallest absolute Gasteiger partial charge is 0.746 e. The molecule has 2 aliphatic carbocycles. The zero-order chi connectivity index (χ0) is 21.1. The first kappa shape index (κ1) is 23.6. The maximum Gasteiger partial charge on any atom is 1.00 e. The molecule has 4 nitrogen and oxygen atoms in total. The number of fused-ring (bicyclic) bond motifs is 4. The fourth-order valence-corrected chi connectivity index (χ4v) is 7.93. The van der Waals surface area contributed by atoms with Crippen molar-refractivity contribution in [2.75, 3.05) is 0 Å². The van der Waals surface area contributed by atoms with E-state index in [1.54, 1.807) is 17.8 Å². The molecule has 0 N–H and O–H groups in total. The van der Waals surface area contributed by atoms with Gasteiger partial charge in [0.25, 0.3) is 0 Å². The summed E-state index contributed by atoms with van der Waals surface area (Å²) in [6.45, 7) is 6.40. The molecule has 7 heteroatoms. The summed E-state index contributed by atoms with van der Waals surface area (Å²) in [5.74, 6) is 0.807. The molecule has 1 aliphatic heterocycles. The summed E-state index contributed by atoms with van der Waals surface area (Å²) in [7, 11) is -4.58. The van der Waals surface area contributed by atoms with Gasteiger partial charge in [-0.1, -0.05) is 68.9 Å². The Morgan fingerprint density at radius 3 is 2.45 bits per heavy atom. The van der Waals surface area contributed by atoms with Gasteiger partial charge in [0.2, 0.25) is 0 Å². The zero-order valence-corrected chi connectivity index (χ0v) is 22.2. The summed E-state index contributed by atoms with van der Waals surface area (Å²) in [6.07, 6.45) is 4.59. The van der Waals surface area contributed by atoms with E-state index >= 15 is 0 Å². The molecule has 2 aromatic rings. The van der Waals surface area contributed by atoms with Crippen molar-refractivity contribution < 1.29 is 48.1 Å². The Balaban J connectivity index is 0.00000231. The van der Waals surface area contributed by atoms with Crippen LogP contribution in [0.4, 0.5) is 0 Å². The van der Waals surface area contributed by atoms with Crippen molar-refractivity contribution in [2.45, 2.75) is 55.9 Å². The van der Waals surface area contributed by atoms with Crippen LogP contribution >= 0.6 is 19.6 Å². The Morgan fingerprint density at radius 1 is 1.06 bits per heavy atom. The third kappa shape index (κ3) is 4.24. The maximum atomic E-state index is 13.1. The van der Waals surface area contributed by atoms with Crippen LogP contribution in [0.3, 0.4) is 0 Å². The van der Waals surface area contributed by atoms with Crippen LogP contribution in [0.5, 0.6) is 0 Å². The van der Waals surface area contributed by atoms with Crippen LogP contribution < -0.4 is 34.5 Å². The summed E-state index contributed by atoms with van der Waals surface area (Å²) >= 11 is 1.61. The number of hydrogen-bond donors (Lipinski definition) is 0. The Hall–Kier alpha value is -0.520. The minimum Gasteiger partial charge on any atom is -0.746 e. The molecule has 2 bridgehead atoms. The molecule has 0 radical (unpaired) electrons. The van der Waals surface area contributed by atoms with Crippen molar-refractivity contribution in [1.82, 2.24) is 0 Å². The average Bonchev–Trinajstić information content (AvgIpc) is 3.11. The quantitative estimate of drug-likeness (QED) is 0.513. The molecule has 1 heterocycles. The van der Waals surface area contributed by atoms with Gasteiger partial charge in [-0.3, -0.25) is 4.57 Å². The molecule has 0 saturated heterocycles. The van der Waals surface area contributed by atoms with Crippen molar-refractivity contribution in [3.8, 4) is 0 Å². The van der Waals surface area contributed by atoms with Crippen molar-refractivity contribution in [3.05, 3.63) is 59.7 Å². The van der Waals surface area contributed by atoms with Crippen molar-refractivity contribution >= 4 is 31.4 Å². The second-order valence-electron chi connectivity index (χ2n) is 9.58. The first-order valence-electron chi connectivity index (χ1n) is 10.5. The van der Waals surface area contributed by atoms with Crippen molar-refractivity contribution in [1.29, 1.82) is 0 Å². The fourth-order valence-electron chi connectivity index (χ4n) is 5.66. The Morgan fingerprint density at radius 2 is 1.74 bits per heavy atom. The van der Waals surface area contributed by atoms with E-state index in [0.717, 1.165) is 40.2 Å². The Kier molecular flexibility index (Phi) is 6.37. The normalized spacial score (nSPS) is 29.6. The zero-order valence-electron chi connectivity index (χ0n) is 18.5. The van der Waals surface area contributed by atoms with Gasteiger partial charge in [-0.15, -0.1) is 0 Å². The van der Waals surface area contributed by atoms with Crippen molar-refractivity contribution in [3.63, 3.8) is 0 Å². The second kappa shape index (κ2) is 8.36. The molecule has 1 unspecified atom stereocenters. The van der Waals surface area contributed by atoms with E-state index in [9.17, 15) is 9.46 Å². The predicted octanol–water partition coefficient (Wildman–Crippen LogP) is 3.37. The van der Waals surface area contributed by atoms with Crippen LogP contribution in [-0.2, 0) is 13.6 Å². The first-order valence-corrected chi connectivity index (χ1v) is 12.7. The van der Waals surface area contributed by atoms with Crippen LogP contribution in [0.25, 0.3) is 11.8 Å². The molecule has 31 heavy (non-hydrogen) atoms. The average molecular weight is 464 g/mol. The van der Waals surface area contributed by atoms with Gasteiger partial charge in [0.15, 0.2) is 0 Å². The molecule has 0 aromatic heterocycles. The molecule has 2 saturated carbocycles. The first-order chi connectivity index (χ1) is 14.2. The van der Waals surface area contributed by atoms with Crippen LogP contribution in [0.1, 0.15) is 51.2 Å². The van der Waals surface area contributed by atoms with Gasteiger partial charge in [0.1, 0.15) is 5.76 Å². The monoisotopic (exact) mass is 464 g/mol. The third-order valence-corrected chi connectivity index (χ3v) is 9.22. The van der Waals surface area contributed by atoms with Gasteiger partial charge in [0.05, 0.1) is 6.10 Å². The van der Waals surface area contributed by atoms with E-state index in [2.05, 4.69) is 20.8 Å². The molecule has 0 amide bonds. The number of phosphoric acid groups is 1. The van der Waals surface area contributed by atoms with Gasteiger partial charge in [-0.2, -0.15) is 0 Å². The molecular weight excluding hydrogens is 438 g/mol. The number of benzene rings is 2. The topological polar surface area (TPSA) is 58.6 Å². The standard InChI is InChI=1S/C24H27O4PS.Na/c1-23(2)17-12-13-24(3,15-17)22(23)28-29(25,26)27-19-14-16-8-4-6-10-20(16)30-21-11-7-5-9-18(19)21;/h4-11,14,17,22H,12-13,15H2,1-3H3,(H,25,26);/q;+1/p-1/t17-,22-,24+;/m1./s1. The minimum atomic E-state index is -4.58. The number of phosphoric ester groups is 1. The summed E-state index contributed by atoms with van der Waals surface area (Å²) in [5, 5.41) is 0. The Bertz CT molecular complexity index is 1080. The van der Waals surface area contributed by atoms with Gasteiger partial charge in [-0.25, -0.2) is 0 Å². The Labute approximate surface area is 210 Å². The SMILES string of the molecule is CC1(C)[C@@H]2CC[C@@](C)(C2)[C@@H]1OP(=O)([O-])OC1=Cc2ccccc2Sc2ccccc21.[Na+]. The third-order valence-electron chi connectivity index (χ3n) is 7.16. The molecule has 4 atom stereocenters. The molecule has 0 spiro atoms. The summed E-state index contributed by atoms with van der Waals surface area (Å²) in [4.78, 5) is 15.2. The van der Waals surface area contributed by atoms with Gasteiger partial charge in [-0.05, 0) is 59.8 Å². The molecule has 3 aliphatic rings. The van der Waals surface area contributed by atoms with Crippen LogP contribution in [0.2, 0.25) is 0 Å².